The summed E-state index contributed by atoms with van der Waals surface area (Å²) in [5.74, 6) is -2.99. The molecular formula is C37H15F2NO4. The lowest BCUT2D eigenvalue weighted by atomic mass is 9.94. The summed E-state index contributed by atoms with van der Waals surface area (Å²) in [7, 11) is 0. The van der Waals surface area contributed by atoms with Gasteiger partial charge in [-0.1, -0.05) is 54.6 Å². The number of rotatable bonds is 0. The Hall–Kier alpha value is -5.95. The first-order chi connectivity index (χ1) is 21.3. The summed E-state index contributed by atoms with van der Waals surface area (Å²) in [6.45, 7) is 0. The number of nitrogens with zero attached hydrogens (tertiary/aromatic N) is 1. The number of Topliss-reactive ketones (excluding diaryl/α,β-unsaturated/α-hetero) is 4. The predicted octanol–water partition coefficient (Wildman–Crippen LogP) is 7.08. The van der Waals surface area contributed by atoms with E-state index in [1.807, 2.05) is 0 Å². The largest absolute Gasteiger partial charge is 0.288 e. The van der Waals surface area contributed by atoms with Gasteiger partial charge in [-0.15, -0.1) is 0 Å². The Balaban J connectivity index is 1.38. The van der Waals surface area contributed by atoms with E-state index >= 15 is 0 Å². The summed E-state index contributed by atoms with van der Waals surface area (Å²) < 4.78 is 29.5. The first-order valence-corrected chi connectivity index (χ1v) is 13.8. The summed E-state index contributed by atoms with van der Waals surface area (Å²) >= 11 is 0. The minimum absolute atomic E-state index is 0.0777. The van der Waals surface area contributed by atoms with Gasteiger partial charge in [0.1, 0.15) is 11.6 Å². The highest BCUT2D eigenvalue weighted by atomic mass is 19.1. The van der Waals surface area contributed by atoms with E-state index in [2.05, 4.69) is 0 Å². The smallest absolute Gasteiger partial charge is 0.198 e. The summed E-state index contributed by atoms with van der Waals surface area (Å²) in [5.41, 5.74) is 4.66. The van der Waals surface area contributed by atoms with E-state index in [1.165, 1.54) is 30.3 Å². The van der Waals surface area contributed by atoms with E-state index in [4.69, 9.17) is 4.98 Å². The van der Waals surface area contributed by atoms with Crippen molar-refractivity contribution in [1.29, 1.82) is 0 Å². The number of pyridine rings is 1. The quantitative estimate of drug-likeness (QED) is 0.143. The van der Waals surface area contributed by atoms with Crippen LogP contribution in [0, 0.1) is 11.6 Å². The van der Waals surface area contributed by atoms with Crippen LogP contribution in [0.25, 0.3) is 33.5 Å². The van der Waals surface area contributed by atoms with Crippen LogP contribution in [0.3, 0.4) is 0 Å². The van der Waals surface area contributed by atoms with Crippen molar-refractivity contribution >= 4 is 34.3 Å². The molecule has 7 heteroatoms. The van der Waals surface area contributed by atoms with Crippen molar-refractivity contribution in [2.45, 2.75) is 0 Å². The van der Waals surface area contributed by atoms with E-state index in [1.54, 1.807) is 60.7 Å². The normalized spacial score (nSPS) is 15.5. The molecule has 0 fully saturated rings. The molecule has 206 valence electrons. The highest BCUT2D eigenvalue weighted by molar-refractivity contribution is 6.45. The number of hydrogen-bond donors (Lipinski definition) is 0. The second-order valence-corrected chi connectivity index (χ2v) is 11.1. The molecule has 9 rings (SSSR count). The fourth-order valence-corrected chi connectivity index (χ4v) is 6.95. The minimum atomic E-state index is -0.554. The van der Waals surface area contributed by atoms with Crippen molar-refractivity contribution in [2.24, 2.45) is 0 Å². The average Bonchev–Trinajstić information content (AvgIpc) is 3.67. The van der Waals surface area contributed by atoms with Crippen molar-refractivity contribution in [3.05, 3.63) is 158 Å². The molecule has 5 nitrogen and oxygen atoms in total. The third kappa shape index (κ3) is 2.97. The van der Waals surface area contributed by atoms with Crippen LogP contribution in [0.4, 0.5) is 8.78 Å². The van der Waals surface area contributed by atoms with Crippen molar-refractivity contribution in [3.8, 4) is 22.4 Å². The van der Waals surface area contributed by atoms with Gasteiger partial charge in [0, 0.05) is 50.1 Å². The van der Waals surface area contributed by atoms with Gasteiger partial charge in [-0.05, 0) is 53.1 Å². The summed E-state index contributed by atoms with van der Waals surface area (Å²) in [6, 6.07) is 23.0. The third-order valence-electron chi connectivity index (χ3n) is 8.82. The molecule has 0 radical (unpaired) electrons. The minimum Gasteiger partial charge on any atom is -0.288 e. The van der Waals surface area contributed by atoms with Gasteiger partial charge in [0.25, 0.3) is 0 Å². The van der Waals surface area contributed by atoms with Gasteiger partial charge in [0.2, 0.25) is 0 Å². The molecular weight excluding hydrogens is 560 g/mol. The maximum absolute atomic E-state index is 14.7. The van der Waals surface area contributed by atoms with Crippen molar-refractivity contribution < 1.29 is 28.0 Å². The molecule has 4 aromatic carbocycles. The van der Waals surface area contributed by atoms with Crippen LogP contribution in [0.1, 0.15) is 63.8 Å². The Bertz CT molecular complexity index is 2140. The molecule has 4 aliphatic rings. The summed E-state index contributed by atoms with van der Waals surface area (Å²) in [4.78, 5) is 59.6. The van der Waals surface area contributed by atoms with Crippen LogP contribution in [0.15, 0.2) is 102 Å². The van der Waals surface area contributed by atoms with Crippen molar-refractivity contribution in [1.82, 2.24) is 4.98 Å². The molecule has 0 bridgehead atoms. The first kappa shape index (κ1) is 24.6. The zero-order chi connectivity index (χ0) is 30.0. The fourth-order valence-electron chi connectivity index (χ4n) is 6.95. The Morgan fingerprint density at radius 1 is 0.364 bits per heavy atom. The summed E-state index contributed by atoms with van der Waals surface area (Å²) in [6.07, 6.45) is 0. The monoisotopic (exact) mass is 575 g/mol. The number of hydrogen-bond acceptors (Lipinski definition) is 5. The predicted molar refractivity (Wildman–Crippen MR) is 157 cm³/mol. The average molecular weight is 576 g/mol. The molecule has 0 amide bonds. The van der Waals surface area contributed by atoms with Gasteiger partial charge < -0.3 is 0 Å². The van der Waals surface area contributed by atoms with E-state index in [0.717, 1.165) is 0 Å². The topological polar surface area (TPSA) is 81.2 Å². The number of carbonyl (C=O) groups is 4. The molecule has 1 aromatic heterocycles. The zero-order valence-corrected chi connectivity index (χ0v) is 22.5. The number of carbonyl (C=O) groups excluding carboxylic acids is 4. The van der Waals surface area contributed by atoms with E-state index < -0.39 is 34.8 Å². The second-order valence-electron chi connectivity index (χ2n) is 11.1. The standard InChI is InChI=1S/C37H15F2NO4/c38-16-9-11-18-24(13-16)29(31-36(43)22-7-3-4-8-23(22)37(31)44)33-26(18)15-27-28(25-14-17(39)10-12-19(25)32(27)40-33)30-34(41)20-5-1-2-6-21(20)35(30)42/h1-15H. The number of benzene rings is 4. The maximum Gasteiger partial charge on any atom is 0.198 e. The highest BCUT2D eigenvalue weighted by Crippen LogP contribution is 2.53. The van der Waals surface area contributed by atoms with Crippen LogP contribution >= 0.6 is 0 Å². The number of ketones is 4. The molecule has 0 N–H and O–H groups in total. The molecule has 0 unspecified atom stereocenters. The lowest BCUT2D eigenvalue weighted by molar-refractivity contribution is 0.0974. The van der Waals surface area contributed by atoms with Crippen molar-refractivity contribution in [3.63, 3.8) is 0 Å². The molecule has 44 heavy (non-hydrogen) atoms. The van der Waals surface area contributed by atoms with Crippen LogP contribution in [-0.4, -0.2) is 28.1 Å². The Labute approximate surface area is 247 Å². The molecule has 0 saturated carbocycles. The molecule has 4 aliphatic carbocycles. The van der Waals surface area contributed by atoms with E-state index in [9.17, 15) is 28.0 Å². The first-order valence-electron chi connectivity index (χ1n) is 13.8. The highest BCUT2D eigenvalue weighted by Gasteiger charge is 2.43. The molecule has 0 saturated heterocycles. The van der Waals surface area contributed by atoms with E-state index in [-0.39, 0.29) is 44.5 Å². The molecule has 5 aromatic rings. The zero-order valence-electron chi connectivity index (χ0n) is 22.5. The second kappa shape index (κ2) is 8.33. The molecule has 0 atom stereocenters. The Morgan fingerprint density at radius 3 is 1.34 bits per heavy atom. The maximum atomic E-state index is 14.7. The lowest BCUT2D eigenvalue weighted by Crippen LogP contribution is -2.07. The number of halogens is 2. The third-order valence-corrected chi connectivity index (χ3v) is 8.82. The molecule has 0 aliphatic heterocycles. The van der Waals surface area contributed by atoms with Gasteiger partial charge >= 0.3 is 0 Å². The van der Waals surface area contributed by atoms with E-state index in [0.29, 0.717) is 44.8 Å². The Morgan fingerprint density at radius 2 is 0.818 bits per heavy atom. The van der Waals surface area contributed by atoms with Gasteiger partial charge in [0.15, 0.2) is 23.1 Å². The number of aromatic nitrogens is 1. The van der Waals surface area contributed by atoms with Gasteiger partial charge in [-0.3, -0.25) is 19.2 Å². The van der Waals surface area contributed by atoms with Gasteiger partial charge in [-0.2, -0.15) is 0 Å². The fraction of sp³-hybridized carbons (Fsp3) is 0. The van der Waals surface area contributed by atoms with Crippen molar-refractivity contribution in [2.75, 3.05) is 0 Å². The molecule has 1 heterocycles. The van der Waals surface area contributed by atoms with Gasteiger partial charge in [0.05, 0.1) is 22.5 Å². The van der Waals surface area contributed by atoms with Crippen LogP contribution in [0.2, 0.25) is 0 Å². The Kier molecular flexibility index (Phi) is 4.66. The summed E-state index contributed by atoms with van der Waals surface area (Å²) in [5, 5.41) is 0. The SMILES string of the molecule is O=C1C(=C2c3cc(F)ccc3-c3nc4c(cc32)-c2ccc(F)cc2C4=C2C(=O)c3ccccc3C2=O)C(=O)c2ccccc21. The van der Waals surface area contributed by atoms with Gasteiger partial charge in [-0.25, -0.2) is 13.8 Å². The lowest BCUT2D eigenvalue weighted by Gasteiger charge is -2.09. The van der Waals surface area contributed by atoms with Crippen LogP contribution < -0.4 is 0 Å². The van der Waals surface area contributed by atoms with Crippen LogP contribution in [0.5, 0.6) is 0 Å². The molecule has 0 spiro atoms. The number of allylic oxidation sites excluding steroid dienone is 2. The number of fused-ring (bicyclic) bond motifs is 8. The van der Waals surface area contributed by atoms with Crippen LogP contribution in [-0.2, 0) is 0 Å².